The minimum atomic E-state index is -1.000. The first kappa shape index (κ1) is 10.6. The molecule has 4 heteroatoms. The number of carboxylic acids is 1. The van der Waals surface area contributed by atoms with Crippen LogP contribution in [0.25, 0.3) is 0 Å². The van der Waals surface area contributed by atoms with E-state index in [1.165, 1.54) is 17.8 Å². The zero-order valence-electron chi connectivity index (χ0n) is 7.65. The number of hydrogen-bond acceptors (Lipinski definition) is 3. The fourth-order valence-corrected chi connectivity index (χ4v) is 1.79. The molecule has 0 heterocycles. The van der Waals surface area contributed by atoms with E-state index in [0.717, 1.165) is 10.6 Å². The Balaban J connectivity index is 3.15. The van der Waals surface area contributed by atoms with Crippen LogP contribution in [-0.4, -0.2) is 16.8 Å². The Morgan fingerprint density at radius 2 is 2.29 bits per heavy atom. The van der Waals surface area contributed by atoms with E-state index in [4.69, 9.17) is 10.4 Å². The van der Waals surface area contributed by atoms with Gasteiger partial charge in [0.05, 0.1) is 17.2 Å². The van der Waals surface area contributed by atoms with Crippen molar-refractivity contribution in [3.63, 3.8) is 0 Å². The molecule has 0 saturated heterocycles. The lowest BCUT2D eigenvalue weighted by molar-refractivity contribution is 0.0696. The van der Waals surface area contributed by atoms with Crippen LogP contribution >= 0.6 is 11.8 Å². The molecular weight excluding hydrogens is 198 g/mol. The standard InChI is InChI=1S/C10H9NO2S/c1-2-14-9-4-7(6-11)3-8(5-9)10(12)13/h3-5H,2H2,1H3,(H,12,13). The van der Waals surface area contributed by atoms with Crippen molar-refractivity contribution in [2.45, 2.75) is 11.8 Å². The maximum absolute atomic E-state index is 10.7. The molecule has 0 bridgehead atoms. The molecule has 0 saturated carbocycles. The second-order valence-electron chi connectivity index (χ2n) is 2.60. The third-order valence-electron chi connectivity index (χ3n) is 1.59. The molecule has 0 fully saturated rings. The second-order valence-corrected chi connectivity index (χ2v) is 3.93. The van der Waals surface area contributed by atoms with Gasteiger partial charge in [-0.1, -0.05) is 6.92 Å². The molecular formula is C10H9NO2S. The highest BCUT2D eigenvalue weighted by atomic mass is 32.2. The maximum atomic E-state index is 10.7. The van der Waals surface area contributed by atoms with Crippen LogP contribution in [-0.2, 0) is 0 Å². The minimum Gasteiger partial charge on any atom is -0.478 e. The monoisotopic (exact) mass is 207 g/mol. The molecule has 0 aliphatic heterocycles. The molecule has 72 valence electrons. The molecule has 0 aliphatic carbocycles. The molecule has 1 rings (SSSR count). The van der Waals surface area contributed by atoms with Gasteiger partial charge in [-0.05, 0) is 24.0 Å². The molecule has 0 radical (unpaired) electrons. The smallest absolute Gasteiger partial charge is 0.335 e. The molecule has 0 aliphatic rings. The van der Waals surface area contributed by atoms with Gasteiger partial charge in [0.15, 0.2) is 0 Å². The van der Waals surface area contributed by atoms with E-state index in [1.807, 2.05) is 13.0 Å². The molecule has 3 nitrogen and oxygen atoms in total. The second kappa shape index (κ2) is 4.68. The maximum Gasteiger partial charge on any atom is 0.335 e. The van der Waals surface area contributed by atoms with Crippen LogP contribution in [0.1, 0.15) is 22.8 Å². The number of carboxylic acid groups (broad SMARTS) is 1. The van der Waals surface area contributed by atoms with Crippen LogP contribution in [0.3, 0.4) is 0 Å². The number of carbonyl (C=O) groups is 1. The van der Waals surface area contributed by atoms with Crippen molar-refractivity contribution in [3.8, 4) is 6.07 Å². The number of benzene rings is 1. The Bertz CT molecular complexity index is 396. The summed E-state index contributed by atoms with van der Waals surface area (Å²) in [6, 6.07) is 6.60. The van der Waals surface area contributed by atoms with Crippen molar-refractivity contribution in [1.82, 2.24) is 0 Å². The number of nitrogens with zero attached hydrogens (tertiary/aromatic N) is 1. The average Bonchev–Trinajstić information content (AvgIpc) is 2.17. The normalized spacial score (nSPS) is 9.43. The largest absolute Gasteiger partial charge is 0.478 e. The molecule has 0 spiro atoms. The molecule has 1 aromatic carbocycles. The van der Waals surface area contributed by atoms with Gasteiger partial charge in [-0.2, -0.15) is 5.26 Å². The lowest BCUT2D eigenvalue weighted by Crippen LogP contribution is -1.97. The first-order chi connectivity index (χ1) is 6.67. The first-order valence-corrected chi connectivity index (χ1v) is 5.07. The minimum absolute atomic E-state index is 0.167. The Hall–Kier alpha value is -1.47. The lowest BCUT2D eigenvalue weighted by Gasteiger charge is -2.01. The van der Waals surface area contributed by atoms with E-state index in [2.05, 4.69) is 0 Å². The average molecular weight is 207 g/mol. The molecule has 0 unspecified atom stereocenters. The van der Waals surface area contributed by atoms with Crippen molar-refractivity contribution in [2.75, 3.05) is 5.75 Å². The Kier molecular flexibility index (Phi) is 3.55. The highest BCUT2D eigenvalue weighted by Crippen LogP contribution is 2.20. The third kappa shape index (κ3) is 2.51. The van der Waals surface area contributed by atoms with Crippen LogP contribution in [0, 0.1) is 11.3 Å². The van der Waals surface area contributed by atoms with Gasteiger partial charge in [-0.3, -0.25) is 0 Å². The summed E-state index contributed by atoms with van der Waals surface area (Å²) in [5.74, 6) is -0.145. The van der Waals surface area contributed by atoms with Crippen molar-refractivity contribution in [1.29, 1.82) is 5.26 Å². The number of thioether (sulfide) groups is 1. The van der Waals surface area contributed by atoms with Crippen molar-refractivity contribution in [3.05, 3.63) is 29.3 Å². The number of hydrogen-bond donors (Lipinski definition) is 1. The van der Waals surface area contributed by atoms with E-state index in [-0.39, 0.29) is 5.56 Å². The molecule has 0 aromatic heterocycles. The summed E-state index contributed by atoms with van der Waals surface area (Å²) in [4.78, 5) is 11.5. The number of nitriles is 1. The molecule has 0 atom stereocenters. The topological polar surface area (TPSA) is 61.1 Å². The van der Waals surface area contributed by atoms with Gasteiger partial charge in [0.1, 0.15) is 0 Å². The van der Waals surface area contributed by atoms with E-state index in [1.54, 1.807) is 12.1 Å². The summed E-state index contributed by atoms with van der Waals surface area (Å²) >= 11 is 1.52. The van der Waals surface area contributed by atoms with E-state index < -0.39 is 5.97 Å². The van der Waals surface area contributed by atoms with E-state index in [0.29, 0.717) is 5.56 Å². The fraction of sp³-hybridized carbons (Fsp3) is 0.200. The molecule has 1 aromatic rings. The third-order valence-corrected chi connectivity index (χ3v) is 2.45. The van der Waals surface area contributed by atoms with Gasteiger partial charge in [0, 0.05) is 4.90 Å². The van der Waals surface area contributed by atoms with Gasteiger partial charge in [0.2, 0.25) is 0 Å². The van der Waals surface area contributed by atoms with Crippen LogP contribution in [0.2, 0.25) is 0 Å². The predicted octanol–water partition coefficient (Wildman–Crippen LogP) is 2.37. The number of rotatable bonds is 3. The van der Waals surface area contributed by atoms with Gasteiger partial charge in [0.25, 0.3) is 0 Å². The predicted molar refractivity (Wildman–Crippen MR) is 54.5 cm³/mol. The van der Waals surface area contributed by atoms with Crippen LogP contribution in [0.15, 0.2) is 23.1 Å². The van der Waals surface area contributed by atoms with E-state index >= 15 is 0 Å². The summed E-state index contributed by atoms with van der Waals surface area (Å²) in [5, 5.41) is 17.5. The first-order valence-electron chi connectivity index (χ1n) is 4.08. The summed E-state index contributed by atoms with van der Waals surface area (Å²) in [6.07, 6.45) is 0. The molecule has 1 N–H and O–H groups in total. The quantitative estimate of drug-likeness (QED) is 0.773. The van der Waals surface area contributed by atoms with Crippen molar-refractivity contribution in [2.24, 2.45) is 0 Å². The summed E-state index contributed by atoms with van der Waals surface area (Å²) in [5.41, 5.74) is 0.556. The zero-order valence-corrected chi connectivity index (χ0v) is 8.47. The van der Waals surface area contributed by atoms with E-state index in [9.17, 15) is 4.79 Å². The molecule has 0 amide bonds. The highest BCUT2D eigenvalue weighted by molar-refractivity contribution is 7.99. The SMILES string of the molecule is CCSc1cc(C#N)cc(C(=O)O)c1. The van der Waals surface area contributed by atoms with Gasteiger partial charge in [-0.25, -0.2) is 4.79 Å². The van der Waals surface area contributed by atoms with Crippen LogP contribution in [0.4, 0.5) is 0 Å². The summed E-state index contributed by atoms with van der Waals surface area (Å²) < 4.78 is 0. The molecule has 14 heavy (non-hydrogen) atoms. The number of aromatic carboxylic acids is 1. The van der Waals surface area contributed by atoms with Gasteiger partial charge >= 0.3 is 5.97 Å². The van der Waals surface area contributed by atoms with Crippen LogP contribution in [0.5, 0.6) is 0 Å². The summed E-state index contributed by atoms with van der Waals surface area (Å²) in [7, 11) is 0. The Morgan fingerprint density at radius 1 is 1.57 bits per heavy atom. The van der Waals surface area contributed by atoms with Crippen LogP contribution < -0.4 is 0 Å². The van der Waals surface area contributed by atoms with Gasteiger partial charge in [-0.15, -0.1) is 11.8 Å². The zero-order chi connectivity index (χ0) is 10.6. The lowest BCUT2D eigenvalue weighted by atomic mass is 10.1. The summed E-state index contributed by atoms with van der Waals surface area (Å²) in [6.45, 7) is 1.98. The van der Waals surface area contributed by atoms with Crippen molar-refractivity contribution >= 4 is 17.7 Å². The fourth-order valence-electron chi connectivity index (χ4n) is 1.04. The Labute approximate surface area is 86.4 Å². The Morgan fingerprint density at radius 3 is 2.79 bits per heavy atom. The van der Waals surface area contributed by atoms with Crippen molar-refractivity contribution < 1.29 is 9.90 Å². The highest BCUT2D eigenvalue weighted by Gasteiger charge is 2.06. The van der Waals surface area contributed by atoms with Gasteiger partial charge < -0.3 is 5.11 Å².